The first-order valence-corrected chi connectivity index (χ1v) is 16.7. The maximum absolute atomic E-state index is 13.9. The van der Waals surface area contributed by atoms with Gasteiger partial charge in [0.2, 0.25) is 0 Å². The average molecular weight is 680 g/mol. The number of carbonyl (C=O) groups excluding carboxylic acids is 1. The molecule has 46 heavy (non-hydrogen) atoms. The van der Waals surface area contributed by atoms with Gasteiger partial charge in [0.15, 0.2) is 0 Å². The van der Waals surface area contributed by atoms with Gasteiger partial charge in [-0.25, -0.2) is 8.42 Å². The van der Waals surface area contributed by atoms with Crippen LogP contribution in [-0.4, -0.2) is 49.6 Å². The number of nitrogens with one attached hydrogen (secondary N) is 1. The number of halogens is 2. The number of nitrogens with zero attached hydrogens (tertiary/aromatic N) is 1. The van der Waals surface area contributed by atoms with Gasteiger partial charge >= 0.3 is 0 Å². The van der Waals surface area contributed by atoms with Crippen LogP contribution >= 0.6 is 23.2 Å². The molecule has 0 aliphatic rings. The highest BCUT2D eigenvalue weighted by Gasteiger charge is 2.26. The van der Waals surface area contributed by atoms with Crippen molar-refractivity contribution in [3.63, 3.8) is 0 Å². The fourth-order valence-electron chi connectivity index (χ4n) is 4.80. The zero-order valence-electron chi connectivity index (χ0n) is 25.1. The Bertz CT molecular complexity index is 1950. The largest absolute Gasteiger partial charge is 0.490 e. The first-order chi connectivity index (χ1) is 22.0. The third kappa shape index (κ3) is 7.92. The fourth-order valence-corrected chi connectivity index (χ4v) is 6.22. The van der Waals surface area contributed by atoms with Gasteiger partial charge in [0.1, 0.15) is 30.0 Å². The third-order valence-corrected chi connectivity index (χ3v) is 9.06. The number of aliphatic hydroxyl groups is 1. The number of amides is 1. The van der Waals surface area contributed by atoms with Gasteiger partial charge in [0.25, 0.3) is 15.9 Å². The van der Waals surface area contributed by atoms with Crippen LogP contribution in [0, 0.1) is 0 Å². The van der Waals surface area contributed by atoms with E-state index in [4.69, 9.17) is 32.7 Å². The van der Waals surface area contributed by atoms with Crippen LogP contribution in [0.15, 0.2) is 114 Å². The van der Waals surface area contributed by atoms with Crippen molar-refractivity contribution in [1.82, 2.24) is 4.90 Å². The topological polar surface area (TPSA) is 105 Å². The molecular formula is C35H32Cl2N2O6S. The van der Waals surface area contributed by atoms with Crippen LogP contribution in [-0.2, 0) is 10.0 Å². The molecule has 0 bridgehead atoms. The molecule has 0 radical (unpaired) electrons. The lowest BCUT2D eigenvalue weighted by molar-refractivity contribution is 0.0430. The molecule has 0 unspecified atom stereocenters. The van der Waals surface area contributed by atoms with E-state index in [9.17, 15) is 18.3 Å². The SMILES string of the molecule is CC(C)N(C[C@H](O)COc1cccc2ccccc12)C(=O)c1cc(Cl)ccc1NS(=O)(=O)c1ccc(Oc2ccccc2Cl)cc1. The molecule has 0 aliphatic carbocycles. The molecule has 5 aromatic carbocycles. The lowest BCUT2D eigenvalue weighted by atomic mass is 10.1. The molecule has 11 heteroatoms. The summed E-state index contributed by atoms with van der Waals surface area (Å²) in [4.78, 5) is 15.3. The Kier molecular flexibility index (Phi) is 10.4. The van der Waals surface area contributed by atoms with Crippen LogP contribution in [0.1, 0.15) is 24.2 Å². The molecule has 1 amide bonds. The predicted molar refractivity (Wildman–Crippen MR) is 182 cm³/mol. The summed E-state index contributed by atoms with van der Waals surface area (Å²) in [6.07, 6.45) is -1.03. The van der Waals surface area contributed by atoms with Crippen molar-refractivity contribution in [2.45, 2.75) is 30.9 Å². The number of fused-ring (bicyclic) bond motifs is 1. The Morgan fingerprint density at radius 3 is 2.28 bits per heavy atom. The van der Waals surface area contributed by atoms with Crippen molar-refractivity contribution >= 4 is 55.6 Å². The van der Waals surface area contributed by atoms with Crippen LogP contribution < -0.4 is 14.2 Å². The maximum Gasteiger partial charge on any atom is 0.261 e. The van der Waals surface area contributed by atoms with Crippen molar-refractivity contribution in [2.75, 3.05) is 17.9 Å². The molecule has 0 spiro atoms. The Hall–Kier alpha value is -4.28. The molecule has 5 aromatic rings. The average Bonchev–Trinajstić information content (AvgIpc) is 3.04. The van der Waals surface area contributed by atoms with Crippen LogP contribution in [0.5, 0.6) is 17.2 Å². The van der Waals surface area contributed by atoms with Gasteiger partial charge in [-0.05, 0) is 79.9 Å². The van der Waals surface area contributed by atoms with Crippen LogP contribution in [0.2, 0.25) is 10.0 Å². The van der Waals surface area contributed by atoms with Crippen LogP contribution in [0.25, 0.3) is 10.8 Å². The van der Waals surface area contributed by atoms with Gasteiger partial charge in [-0.3, -0.25) is 9.52 Å². The number of hydrogen-bond acceptors (Lipinski definition) is 6. The van der Waals surface area contributed by atoms with E-state index in [1.165, 1.54) is 47.4 Å². The molecule has 238 valence electrons. The van der Waals surface area contributed by atoms with Crippen molar-refractivity contribution in [2.24, 2.45) is 0 Å². The third-order valence-electron chi connectivity index (χ3n) is 7.13. The predicted octanol–water partition coefficient (Wildman–Crippen LogP) is 8.03. The number of hydrogen-bond donors (Lipinski definition) is 2. The normalized spacial score (nSPS) is 12.1. The number of benzene rings is 5. The zero-order chi connectivity index (χ0) is 32.8. The van der Waals surface area contributed by atoms with E-state index in [1.54, 1.807) is 38.1 Å². The summed E-state index contributed by atoms with van der Waals surface area (Å²) in [7, 11) is -4.12. The number of sulfonamides is 1. The first kappa shape index (κ1) is 33.1. The van der Waals surface area contributed by atoms with Gasteiger partial charge in [-0.15, -0.1) is 0 Å². The Morgan fingerprint density at radius 1 is 0.870 bits per heavy atom. The van der Waals surface area contributed by atoms with E-state index in [2.05, 4.69) is 4.72 Å². The van der Waals surface area contributed by atoms with E-state index >= 15 is 0 Å². The number of ether oxygens (including phenoxy) is 2. The van der Waals surface area contributed by atoms with Crippen molar-refractivity contribution in [3.05, 3.63) is 125 Å². The van der Waals surface area contributed by atoms with E-state index < -0.39 is 22.0 Å². The Morgan fingerprint density at radius 2 is 1.54 bits per heavy atom. The molecule has 0 heterocycles. The fraction of sp³-hybridized carbons (Fsp3) is 0.171. The van der Waals surface area contributed by atoms with Crippen molar-refractivity contribution in [1.29, 1.82) is 0 Å². The minimum Gasteiger partial charge on any atom is -0.490 e. The minimum absolute atomic E-state index is 0.0330. The molecule has 0 aliphatic heterocycles. The van der Waals surface area contributed by atoms with Crippen molar-refractivity contribution in [3.8, 4) is 17.2 Å². The summed E-state index contributed by atoms with van der Waals surface area (Å²) >= 11 is 12.4. The molecule has 8 nitrogen and oxygen atoms in total. The van der Waals surface area contributed by atoms with Gasteiger partial charge < -0.3 is 19.5 Å². The number of para-hydroxylation sites is 1. The molecule has 0 saturated heterocycles. The number of carbonyl (C=O) groups is 1. The van der Waals surface area contributed by atoms with Gasteiger partial charge in [-0.2, -0.15) is 0 Å². The Balaban J connectivity index is 1.31. The molecule has 0 fully saturated rings. The molecule has 1 atom stereocenters. The molecular weight excluding hydrogens is 647 g/mol. The standard InChI is InChI=1S/C35H32Cl2N2O6S/c1-23(2)39(21-26(40)22-44-33-13-7-9-24-8-3-4-10-29(24)33)35(41)30-20-25(36)14-19-32(30)38-46(42,43)28-17-15-27(16-18-28)45-34-12-6-5-11-31(34)37/h3-20,23,26,38,40H,21-22H2,1-2H3/t26-/m0/s1. The lowest BCUT2D eigenvalue weighted by Crippen LogP contribution is -2.44. The second-order valence-corrected chi connectivity index (χ2v) is 13.3. The second kappa shape index (κ2) is 14.4. The molecule has 2 N–H and O–H groups in total. The monoisotopic (exact) mass is 678 g/mol. The maximum atomic E-state index is 13.9. The molecule has 5 rings (SSSR count). The van der Waals surface area contributed by atoms with E-state index in [1.807, 2.05) is 42.5 Å². The number of anilines is 1. The van der Waals surface area contributed by atoms with Crippen molar-refractivity contribution < 1.29 is 27.8 Å². The summed E-state index contributed by atoms with van der Waals surface area (Å²) in [6, 6.07) is 30.1. The van der Waals surface area contributed by atoms with Gasteiger partial charge in [-0.1, -0.05) is 71.7 Å². The highest BCUT2D eigenvalue weighted by Crippen LogP contribution is 2.31. The highest BCUT2D eigenvalue weighted by atomic mass is 35.5. The highest BCUT2D eigenvalue weighted by molar-refractivity contribution is 7.92. The summed E-state index contributed by atoms with van der Waals surface area (Å²) in [6.45, 7) is 3.48. The summed E-state index contributed by atoms with van der Waals surface area (Å²) in [5.74, 6) is 0.935. The van der Waals surface area contributed by atoms with E-state index in [0.717, 1.165) is 10.8 Å². The second-order valence-electron chi connectivity index (χ2n) is 10.8. The zero-order valence-corrected chi connectivity index (χ0v) is 27.4. The Labute approximate surface area is 278 Å². The molecule has 0 saturated carbocycles. The number of aliphatic hydroxyl groups excluding tert-OH is 1. The minimum atomic E-state index is -4.12. The van der Waals surface area contributed by atoms with Gasteiger partial charge in [0.05, 0.1) is 27.7 Å². The van der Waals surface area contributed by atoms with Gasteiger partial charge in [0, 0.05) is 16.5 Å². The van der Waals surface area contributed by atoms with E-state index in [0.29, 0.717) is 22.3 Å². The smallest absolute Gasteiger partial charge is 0.261 e. The number of rotatable bonds is 12. The summed E-state index contributed by atoms with van der Waals surface area (Å²) < 4.78 is 41.0. The lowest BCUT2D eigenvalue weighted by Gasteiger charge is -2.30. The summed E-state index contributed by atoms with van der Waals surface area (Å²) in [5, 5.41) is 13.5. The van der Waals surface area contributed by atoms with E-state index in [-0.39, 0.29) is 40.4 Å². The quantitative estimate of drug-likeness (QED) is 0.138. The van der Waals surface area contributed by atoms with Crippen LogP contribution in [0.3, 0.4) is 0 Å². The van der Waals surface area contributed by atoms with Crippen LogP contribution in [0.4, 0.5) is 5.69 Å². The molecule has 0 aromatic heterocycles. The first-order valence-electron chi connectivity index (χ1n) is 14.5. The summed E-state index contributed by atoms with van der Waals surface area (Å²) in [5.41, 5.74) is 0.0727.